The van der Waals surface area contributed by atoms with Crippen LogP contribution >= 0.6 is 12.2 Å². The van der Waals surface area contributed by atoms with Gasteiger partial charge in [0, 0.05) is 4.86 Å². The maximum atomic E-state index is 11.0. The Kier molecular flexibility index (Phi) is 4.43. The van der Waals surface area contributed by atoms with E-state index in [4.69, 9.17) is 22.1 Å². The van der Waals surface area contributed by atoms with Crippen molar-refractivity contribution in [2.45, 2.75) is 13.3 Å². The van der Waals surface area contributed by atoms with Gasteiger partial charge in [-0.15, -0.1) is 0 Å². The Bertz CT molecular complexity index is 370. The molecule has 0 aliphatic carbocycles. The second kappa shape index (κ2) is 5.61. The highest BCUT2D eigenvalue weighted by Crippen LogP contribution is 2.16. The molecular weight excluding hydrogens is 224 g/mol. The van der Waals surface area contributed by atoms with Crippen molar-refractivity contribution in [3.63, 3.8) is 0 Å². The van der Waals surface area contributed by atoms with Crippen molar-refractivity contribution >= 4 is 23.1 Å². The molecule has 3 nitrogen and oxygen atoms in total. The molecule has 0 saturated heterocycles. The summed E-state index contributed by atoms with van der Waals surface area (Å²) in [5, 5.41) is 8.99. The zero-order chi connectivity index (χ0) is 12.1. The minimum atomic E-state index is -0.872. The number of carboxylic acid groups (broad SMARTS) is 1. The summed E-state index contributed by atoms with van der Waals surface area (Å²) in [5.74, 6) is -0.707. The Morgan fingerprint density at radius 1 is 1.44 bits per heavy atom. The Labute approximate surface area is 100 Å². The van der Waals surface area contributed by atoms with Crippen molar-refractivity contribution in [3.8, 4) is 5.75 Å². The lowest BCUT2D eigenvalue weighted by Gasteiger charge is -2.10. The van der Waals surface area contributed by atoms with Gasteiger partial charge in [-0.25, -0.2) is 0 Å². The molecule has 0 spiro atoms. The lowest BCUT2D eigenvalue weighted by Crippen LogP contribution is -2.22. The van der Waals surface area contributed by atoms with E-state index in [2.05, 4.69) is 0 Å². The number of benzene rings is 1. The topological polar surface area (TPSA) is 46.5 Å². The molecule has 0 aliphatic rings. The number of carbonyl (C=O) groups is 1. The number of hydrogen-bond acceptors (Lipinski definition) is 3. The molecule has 0 aromatic heterocycles. The summed E-state index contributed by atoms with van der Waals surface area (Å²) >= 11 is 4.94. The number of ether oxygens (including phenoxy) is 1. The molecule has 1 aromatic rings. The van der Waals surface area contributed by atoms with Crippen LogP contribution in [-0.2, 0) is 11.2 Å². The van der Waals surface area contributed by atoms with E-state index in [9.17, 15) is 4.79 Å². The van der Waals surface area contributed by atoms with Gasteiger partial charge in [0.05, 0.1) is 13.0 Å². The third-order valence-electron chi connectivity index (χ3n) is 2.39. The largest absolute Gasteiger partial charge is 0.497 e. The minimum absolute atomic E-state index is 0.425. The molecule has 86 valence electrons. The van der Waals surface area contributed by atoms with E-state index in [0.717, 1.165) is 11.3 Å². The summed E-state index contributed by atoms with van der Waals surface area (Å²) in [6.07, 6.45) is 0.425. The van der Waals surface area contributed by atoms with Crippen molar-refractivity contribution in [1.29, 1.82) is 0 Å². The third kappa shape index (κ3) is 3.31. The van der Waals surface area contributed by atoms with Crippen LogP contribution in [0.25, 0.3) is 0 Å². The van der Waals surface area contributed by atoms with Gasteiger partial charge in [0.25, 0.3) is 0 Å². The van der Waals surface area contributed by atoms with E-state index in [0.29, 0.717) is 11.3 Å². The van der Waals surface area contributed by atoms with E-state index >= 15 is 0 Å². The number of hydrogen-bond donors (Lipinski definition) is 1. The molecule has 1 rings (SSSR count). The number of aliphatic carboxylic acids is 1. The van der Waals surface area contributed by atoms with E-state index < -0.39 is 11.9 Å². The summed E-state index contributed by atoms with van der Waals surface area (Å²) in [6.45, 7) is 1.66. The zero-order valence-corrected chi connectivity index (χ0v) is 10.1. The van der Waals surface area contributed by atoms with Crippen LogP contribution in [0.15, 0.2) is 24.3 Å². The van der Waals surface area contributed by atoms with Crippen molar-refractivity contribution < 1.29 is 14.6 Å². The molecule has 0 radical (unpaired) electrons. The van der Waals surface area contributed by atoms with E-state index in [1.165, 1.54) is 0 Å². The van der Waals surface area contributed by atoms with Crippen LogP contribution in [0.5, 0.6) is 5.75 Å². The molecule has 4 heteroatoms. The smallest absolute Gasteiger partial charge is 0.311 e. The van der Waals surface area contributed by atoms with Crippen molar-refractivity contribution in [1.82, 2.24) is 0 Å². The summed E-state index contributed by atoms with van der Waals surface area (Å²) in [5.41, 5.74) is 0.942. The lowest BCUT2D eigenvalue weighted by molar-refractivity contribution is -0.139. The molecule has 1 aromatic carbocycles. The van der Waals surface area contributed by atoms with Gasteiger partial charge in [0.15, 0.2) is 0 Å². The molecular formula is C12H14O3S. The number of carboxylic acids is 1. The van der Waals surface area contributed by atoms with E-state index in [-0.39, 0.29) is 0 Å². The Hall–Kier alpha value is -1.42. The molecule has 0 bridgehead atoms. The highest BCUT2D eigenvalue weighted by atomic mass is 32.1. The first-order valence-corrected chi connectivity index (χ1v) is 5.31. The molecule has 0 fully saturated rings. The number of methoxy groups -OCH3 is 1. The highest BCUT2D eigenvalue weighted by Gasteiger charge is 2.19. The third-order valence-corrected chi connectivity index (χ3v) is 2.67. The van der Waals surface area contributed by atoms with Crippen LogP contribution in [-0.4, -0.2) is 23.1 Å². The first-order valence-electron chi connectivity index (χ1n) is 4.90. The molecule has 1 unspecified atom stereocenters. The Morgan fingerprint density at radius 3 is 2.38 bits per heavy atom. The maximum Gasteiger partial charge on any atom is 0.311 e. The summed E-state index contributed by atoms with van der Waals surface area (Å²) in [6, 6.07) is 7.33. The summed E-state index contributed by atoms with van der Waals surface area (Å²) in [7, 11) is 1.59. The number of rotatable bonds is 5. The average molecular weight is 238 g/mol. The first kappa shape index (κ1) is 12.6. The molecule has 0 saturated carbocycles. The molecule has 0 amide bonds. The van der Waals surface area contributed by atoms with Crippen molar-refractivity contribution in [2.75, 3.05) is 7.11 Å². The summed E-state index contributed by atoms with van der Waals surface area (Å²) in [4.78, 5) is 11.5. The second-order valence-corrected chi connectivity index (χ2v) is 4.20. The zero-order valence-electron chi connectivity index (χ0n) is 9.27. The van der Waals surface area contributed by atoms with Crippen LogP contribution in [0.3, 0.4) is 0 Å². The number of thiocarbonyl (C=S) groups is 1. The van der Waals surface area contributed by atoms with Crippen molar-refractivity contribution in [2.24, 2.45) is 5.92 Å². The first-order chi connectivity index (χ1) is 7.54. The predicted molar refractivity (Wildman–Crippen MR) is 66.1 cm³/mol. The van der Waals surface area contributed by atoms with Crippen LogP contribution in [0, 0.1) is 5.92 Å². The Morgan fingerprint density at radius 2 is 2.00 bits per heavy atom. The van der Waals surface area contributed by atoms with Gasteiger partial charge in [0.2, 0.25) is 0 Å². The fourth-order valence-corrected chi connectivity index (χ4v) is 1.59. The van der Waals surface area contributed by atoms with Gasteiger partial charge in [-0.3, -0.25) is 4.79 Å². The van der Waals surface area contributed by atoms with E-state index in [1.54, 1.807) is 14.0 Å². The van der Waals surface area contributed by atoms with Gasteiger partial charge in [-0.05, 0) is 31.0 Å². The predicted octanol–water partition coefficient (Wildman–Crippen LogP) is 2.33. The summed E-state index contributed by atoms with van der Waals surface area (Å²) < 4.78 is 5.03. The van der Waals surface area contributed by atoms with Gasteiger partial charge in [0.1, 0.15) is 5.75 Å². The fraction of sp³-hybridized carbons (Fsp3) is 0.333. The van der Waals surface area contributed by atoms with Gasteiger partial charge in [-0.1, -0.05) is 24.4 Å². The van der Waals surface area contributed by atoms with Gasteiger partial charge in [-0.2, -0.15) is 0 Å². The minimum Gasteiger partial charge on any atom is -0.497 e. The molecule has 16 heavy (non-hydrogen) atoms. The molecule has 1 N–H and O–H groups in total. The monoisotopic (exact) mass is 238 g/mol. The molecule has 0 aliphatic heterocycles. The van der Waals surface area contributed by atoms with Crippen LogP contribution < -0.4 is 4.74 Å². The van der Waals surface area contributed by atoms with Crippen LogP contribution in [0.1, 0.15) is 12.5 Å². The van der Waals surface area contributed by atoms with Gasteiger partial charge >= 0.3 is 5.97 Å². The second-order valence-electron chi connectivity index (χ2n) is 3.55. The van der Waals surface area contributed by atoms with E-state index in [1.807, 2.05) is 24.3 Å². The average Bonchev–Trinajstić information content (AvgIpc) is 2.25. The Balaban J connectivity index is 2.77. The maximum absolute atomic E-state index is 11.0. The standard InChI is InChI=1S/C12H14O3S/c1-8(16)11(12(13)14)7-9-3-5-10(15-2)6-4-9/h3-6,11H,7H2,1-2H3,(H,13,14). The normalized spacial score (nSPS) is 11.9. The molecule has 0 heterocycles. The van der Waals surface area contributed by atoms with Crippen molar-refractivity contribution in [3.05, 3.63) is 29.8 Å². The molecule has 1 atom stereocenters. The van der Waals surface area contributed by atoms with Gasteiger partial charge < -0.3 is 9.84 Å². The van der Waals surface area contributed by atoms with Crippen LogP contribution in [0.4, 0.5) is 0 Å². The fourth-order valence-electron chi connectivity index (χ4n) is 1.40. The van der Waals surface area contributed by atoms with Crippen LogP contribution in [0.2, 0.25) is 0 Å². The lowest BCUT2D eigenvalue weighted by atomic mass is 9.97. The quantitative estimate of drug-likeness (QED) is 0.800. The SMILES string of the molecule is COc1ccc(CC(C(=O)O)C(C)=S)cc1. The highest BCUT2D eigenvalue weighted by molar-refractivity contribution is 7.80.